The third-order valence-corrected chi connectivity index (χ3v) is 7.01. The van der Waals surface area contributed by atoms with Crippen molar-refractivity contribution in [3.05, 3.63) is 54.1 Å². The van der Waals surface area contributed by atoms with Gasteiger partial charge < -0.3 is 10.1 Å². The number of carbonyl (C=O) groups is 1. The number of aryl methyl sites for hydroxylation is 1. The SMILES string of the molecule is CCC(Oc1ccccc1C)C(=O)Nc1ccc(S(=O)(=O)N2CCCCC2)cc1. The molecule has 1 aliphatic rings. The number of ether oxygens (including phenoxy) is 1. The second-order valence-corrected chi connectivity index (χ2v) is 9.20. The number of para-hydroxylation sites is 1. The van der Waals surface area contributed by atoms with E-state index in [9.17, 15) is 13.2 Å². The first-order valence-electron chi connectivity index (χ1n) is 10.0. The molecule has 2 aromatic rings. The zero-order valence-electron chi connectivity index (χ0n) is 16.9. The number of benzene rings is 2. The van der Waals surface area contributed by atoms with E-state index in [1.165, 1.54) is 4.31 Å². The maximum Gasteiger partial charge on any atom is 0.265 e. The van der Waals surface area contributed by atoms with Crippen molar-refractivity contribution in [3.8, 4) is 5.75 Å². The molecule has 156 valence electrons. The summed E-state index contributed by atoms with van der Waals surface area (Å²) in [6.07, 6.45) is 2.74. The Bertz CT molecular complexity index is 936. The monoisotopic (exact) mass is 416 g/mol. The van der Waals surface area contributed by atoms with Gasteiger partial charge in [0.05, 0.1) is 4.90 Å². The van der Waals surface area contributed by atoms with Crippen LogP contribution in [-0.4, -0.2) is 37.8 Å². The summed E-state index contributed by atoms with van der Waals surface area (Å²) in [5.74, 6) is 0.417. The smallest absolute Gasteiger partial charge is 0.265 e. The van der Waals surface area contributed by atoms with Crippen LogP contribution < -0.4 is 10.1 Å². The molecule has 1 N–H and O–H groups in total. The lowest BCUT2D eigenvalue weighted by Crippen LogP contribution is -2.35. The summed E-state index contributed by atoms with van der Waals surface area (Å²) in [5.41, 5.74) is 1.51. The number of carbonyl (C=O) groups excluding carboxylic acids is 1. The van der Waals surface area contributed by atoms with Gasteiger partial charge in [-0.05, 0) is 62.1 Å². The molecule has 0 aliphatic carbocycles. The van der Waals surface area contributed by atoms with E-state index in [2.05, 4.69) is 5.32 Å². The van der Waals surface area contributed by atoms with Gasteiger partial charge in [-0.3, -0.25) is 4.79 Å². The molecule has 7 heteroatoms. The van der Waals surface area contributed by atoms with Crippen LogP contribution in [0.4, 0.5) is 5.69 Å². The minimum atomic E-state index is -3.48. The van der Waals surface area contributed by atoms with Gasteiger partial charge in [-0.1, -0.05) is 31.5 Å². The summed E-state index contributed by atoms with van der Waals surface area (Å²) in [6.45, 7) is 4.95. The van der Waals surface area contributed by atoms with Gasteiger partial charge in [-0.2, -0.15) is 4.31 Å². The van der Waals surface area contributed by atoms with E-state index < -0.39 is 16.1 Å². The molecule has 0 radical (unpaired) electrons. The average Bonchev–Trinajstić information content (AvgIpc) is 2.74. The Hall–Kier alpha value is -2.38. The van der Waals surface area contributed by atoms with Crippen molar-refractivity contribution in [1.82, 2.24) is 4.31 Å². The number of nitrogens with zero attached hydrogens (tertiary/aromatic N) is 1. The van der Waals surface area contributed by atoms with E-state index in [1.807, 2.05) is 38.1 Å². The number of piperidine rings is 1. The van der Waals surface area contributed by atoms with Crippen LogP contribution in [-0.2, 0) is 14.8 Å². The molecule has 1 saturated heterocycles. The van der Waals surface area contributed by atoms with Gasteiger partial charge in [0.1, 0.15) is 5.75 Å². The molecule has 1 amide bonds. The molecule has 1 fully saturated rings. The predicted molar refractivity (Wildman–Crippen MR) is 114 cm³/mol. The van der Waals surface area contributed by atoms with Crippen LogP contribution in [0.5, 0.6) is 5.75 Å². The van der Waals surface area contributed by atoms with Crippen molar-refractivity contribution in [3.63, 3.8) is 0 Å². The largest absolute Gasteiger partial charge is 0.480 e. The first-order valence-corrected chi connectivity index (χ1v) is 11.5. The van der Waals surface area contributed by atoms with Crippen molar-refractivity contribution >= 4 is 21.6 Å². The number of sulfonamides is 1. The van der Waals surface area contributed by atoms with Gasteiger partial charge in [-0.15, -0.1) is 0 Å². The Morgan fingerprint density at radius 2 is 1.72 bits per heavy atom. The van der Waals surface area contributed by atoms with Crippen molar-refractivity contribution in [2.45, 2.75) is 50.5 Å². The molecule has 1 unspecified atom stereocenters. The van der Waals surface area contributed by atoms with E-state index in [0.29, 0.717) is 30.9 Å². The zero-order valence-corrected chi connectivity index (χ0v) is 17.7. The normalized spacial score (nSPS) is 16.2. The van der Waals surface area contributed by atoms with Gasteiger partial charge in [0, 0.05) is 18.8 Å². The minimum absolute atomic E-state index is 0.251. The van der Waals surface area contributed by atoms with Crippen LogP contribution in [0.15, 0.2) is 53.4 Å². The summed E-state index contributed by atoms with van der Waals surface area (Å²) in [4.78, 5) is 12.9. The van der Waals surface area contributed by atoms with Crippen LogP contribution in [0.25, 0.3) is 0 Å². The maximum absolute atomic E-state index is 12.7. The van der Waals surface area contributed by atoms with Gasteiger partial charge in [-0.25, -0.2) is 8.42 Å². The van der Waals surface area contributed by atoms with Crippen molar-refractivity contribution < 1.29 is 17.9 Å². The first-order chi connectivity index (χ1) is 13.9. The minimum Gasteiger partial charge on any atom is -0.480 e. The van der Waals surface area contributed by atoms with Crippen LogP contribution >= 0.6 is 0 Å². The zero-order chi connectivity index (χ0) is 20.9. The fraction of sp³-hybridized carbons (Fsp3) is 0.409. The summed E-state index contributed by atoms with van der Waals surface area (Å²) >= 11 is 0. The summed E-state index contributed by atoms with van der Waals surface area (Å²) in [5, 5.41) is 2.82. The fourth-order valence-corrected chi connectivity index (χ4v) is 4.87. The Labute approximate surface area is 172 Å². The number of rotatable bonds is 7. The molecule has 6 nitrogen and oxygen atoms in total. The lowest BCUT2D eigenvalue weighted by atomic mass is 10.2. The van der Waals surface area contributed by atoms with Gasteiger partial charge in [0.2, 0.25) is 10.0 Å². The highest BCUT2D eigenvalue weighted by molar-refractivity contribution is 7.89. The molecule has 2 aromatic carbocycles. The van der Waals surface area contributed by atoms with Gasteiger partial charge in [0.15, 0.2) is 6.10 Å². The van der Waals surface area contributed by atoms with Crippen LogP contribution in [0.2, 0.25) is 0 Å². The molecule has 29 heavy (non-hydrogen) atoms. The Balaban J connectivity index is 1.66. The highest BCUT2D eigenvalue weighted by Gasteiger charge is 2.26. The van der Waals surface area contributed by atoms with E-state index in [4.69, 9.17) is 4.74 Å². The summed E-state index contributed by atoms with van der Waals surface area (Å²) < 4.78 is 32.9. The van der Waals surface area contributed by atoms with Crippen molar-refractivity contribution in [1.29, 1.82) is 0 Å². The van der Waals surface area contributed by atoms with E-state index in [1.54, 1.807) is 24.3 Å². The molecular formula is C22H28N2O4S. The molecule has 1 heterocycles. The van der Waals surface area contributed by atoms with E-state index >= 15 is 0 Å². The van der Waals surface area contributed by atoms with Crippen LogP contribution in [0.1, 0.15) is 38.2 Å². The molecule has 3 rings (SSSR count). The highest BCUT2D eigenvalue weighted by atomic mass is 32.2. The molecule has 0 spiro atoms. The number of hydrogen-bond acceptors (Lipinski definition) is 4. The molecule has 1 atom stereocenters. The second-order valence-electron chi connectivity index (χ2n) is 7.26. The molecule has 0 aromatic heterocycles. The fourth-order valence-electron chi connectivity index (χ4n) is 3.35. The number of anilines is 1. The number of nitrogens with one attached hydrogen (secondary N) is 1. The van der Waals surface area contributed by atoms with E-state index in [-0.39, 0.29) is 10.8 Å². The van der Waals surface area contributed by atoms with Crippen LogP contribution in [0.3, 0.4) is 0 Å². The Morgan fingerprint density at radius 1 is 1.07 bits per heavy atom. The lowest BCUT2D eigenvalue weighted by Gasteiger charge is -2.26. The van der Waals surface area contributed by atoms with Crippen molar-refractivity contribution in [2.75, 3.05) is 18.4 Å². The third-order valence-electron chi connectivity index (χ3n) is 5.10. The molecule has 0 bridgehead atoms. The second kappa shape index (κ2) is 9.41. The predicted octanol–water partition coefficient (Wildman–Crippen LogP) is 3.97. The molecule has 1 aliphatic heterocycles. The Kier molecular flexibility index (Phi) is 6.92. The van der Waals surface area contributed by atoms with E-state index in [0.717, 1.165) is 24.8 Å². The molecule has 0 saturated carbocycles. The lowest BCUT2D eigenvalue weighted by molar-refractivity contribution is -0.122. The van der Waals surface area contributed by atoms with Gasteiger partial charge in [0.25, 0.3) is 5.91 Å². The Morgan fingerprint density at radius 3 is 2.34 bits per heavy atom. The summed E-state index contributed by atoms with van der Waals surface area (Å²) in [6, 6.07) is 13.9. The van der Waals surface area contributed by atoms with Crippen molar-refractivity contribution in [2.24, 2.45) is 0 Å². The number of hydrogen-bond donors (Lipinski definition) is 1. The van der Waals surface area contributed by atoms with Crippen LogP contribution in [0, 0.1) is 6.92 Å². The standard InChI is InChI=1S/C22H28N2O4S/c1-3-20(28-21-10-6-5-9-17(21)2)22(25)23-18-11-13-19(14-12-18)29(26,27)24-15-7-4-8-16-24/h5-6,9-14,20H,3-4,7-8,15-16H2,1-2H3,(H,23,25). The first kappa shape index (κ1) is 21.3. The highest BCUT2D eigenvalue weighted by Crippen LogP contribution is 2.23. The third kappa shape index (κ3) is 5.16. The molecular weight excluding hydrogens is 388 g/mol. The summed E-state index contributed by atoms with van der Waals surface area (Å²) in [7, 11) is -3.48. The number of amides is 1. The quantitative estimate of drug-likeness (QED) is 0.741. The average molecular weight is 417 g/mol. The maximum atomic E-state index is 12.7. The topological polar surface area (TPSA) is 75.7 Å². The van der Waals surface area contributed by atoms with Gasteiger partial charge >= 0.3 is 0 Å².